The Morgan fingerprint density at radius 1 is 1.16 bits per heavy atom. The average molecular weight is 347 g/mol. The van der Waals surface area contributed by atoms with E-state index in [9.17, 15) is 9.59 Å². The zero-order valence-corrected chi connectivity index (χ0v) is 15.5. The number of hydrogen-bond acceptors (Lipinski definition) is 3. The molecule has 1 fully saturated rings. The van der Waals surface area contributed by atoms with E-state index in [1.807, 2.05) is 12.1 Å². The van der Waals surface area contributed by atoms with E-state index in [0.29, 0.717) is 45.4 Å². The number of ether oxygens (including phenoxy) is 1. The molecule has 0 spiro atoms. The number of rotatable bonds is 6. The van der Waals surface area contributed by atoms with E-state index in [1.165, 1.54) is 5.56 Å². The van der Waals surface area contributed by atoms with Gasteiger partial charge < -0.3 is 14.7 Å². The van der Waals surface area contributed by atoms with Crippen molar-refractivity contribution in [1.29, 1.82) is 0 Å². The quantitative estimate of drug-likeness (QED) is 0.800. The number of carbonyl (C=O) groups excluding carboxylic acids is 1. The Morgan fingerprint density at radius 3 is 2.28 bits per heavy atom. The molecule has 1 aromatic carbocycles. The predicted molar refractivity (Wildman–Crippen MR) is 96.8 cm³/mol. The van der Waals surface area contributed by atoms with Gasteiger partial charge in [-0.3, -0.25) is 9.59 Å². The van der Waals surface area contributed by atoms with Crippen LogP contribution in [0.2, 0.25) is 0 Å². The highest BCUT2D eigenvalue weighted by Gasteiger charge is 2.26. The van der Waals surface area contributed by atoms with Crippen molar-refractivity contribution in [3.8, 4) is 5.75 Å². The van der Waals surface area contributed by atoms with Crippen LogP contribution in [0.1, 0.15) is 52.0 Å². The lowest BCUT2D eigenvalue weighted by Gasteiger charge is -2.30. The van der Waals surface area contributed by atoms with E-state index in [1.54, 1.807) is 4.90 Å². The molecule has 1 N–H and O–H groups in total. The van der Waals surface area contributed by atoms with E-state index < -0.39 is 5.97 Å². The second-order valence-corrected chi connectivity index (χ2v) is 7.72. The normalized spacial score (nSPS) is 15.9. The molecule has 1 aromatic rings. The van der Waals surface area contributed by atoms with Gasteiger partial charge in [-0.1, -0.05) is 32.9 Å². The maximum atomic E-state index is 12.2. The molecule has 0 aromatic heterocycles. The zero-order valence-electron chi connectivity index (χ0n) is 15.5. The first-order valence-electron chi connectivity index (χ1n) is 9.01. The highest BCUT2D eigenvalue weighted by Crippen LogP contribution is 2.24. The molecule has 1 amide bonds. The van der Waals surface area contributed by atoms with E-state index in [2.05, 4.69) is 32.9 Å². The first kappa shape index (κ1) is 19.3. The second kappa shape index (κ2) is 8.37. The number of hydrogen-bond donors (Lipinski definition) is 1. The van der Waals surface area contributed by atoms with Gasteiger partial charge in [0.25, 0.3) is 0 Å². The van der Waals surface area contributed by atoms with Gasteiger partial charge in [0.2, 0.25) is 5.91 Å². The first-order chi connectivity index (χ1) is 11.8. The molecule has 0 radical (unpaired) electrons. The zero-order chi connectivity index (χ0) is 18.4. The standard InChI is InChI=1S/C20H29NO4/c1-20(2,3)16-6-8-17(9-7-16)25-14-4-5-18(22)21-12-10-15(11-13-21)19(23)24/h6-9,15H,4-5,10-14H2,1-3H3,(H,23,24). The minimum absolute atomic E-state index is 0.0931. The Hall–Kier alpha value is -2.04. The van der Waals surface area contributed by atoms with Gasteiger partial charge in [0, 0.05) is 19.5 Å². The third-order valence-electron chi connectivity index (χ3n) is 4.72. The van der Waals surface area contributed by atoms with Crippen molar-refractivity contribution < 1.29 is 19.4 Å². The molecule has 1 aliphatic heterocycles. The lowest BCUT2D eigenvalue weighted by Crippen LogP contribution is -2.40. The molecule has 2 rings (SSSR count). The molecule has 1 saturated heterocycles. The van der Waals surface area contributed by atoms with Crippen molar-refractivity contribution in [2.24, 2.45) is 5.92 Å². The molecule has 0 aliphatic carbocycles. The molecule has 25 heavy (non-hydrogen) atoms. The van der Waals surface area contributed by atoms with Gasteiger partial charge in [-0.05, 0) is 42.4 Å². The van der Waals surface area contributed by atoms with Crippen molar-refractivity contribution in [2.45, 2.75) is 51.9 Å². The smallest absolute Gasteiger partial charge is 0.306 e. The second-order valence-electron chi connectivity index (χ2n) is 7.72. The van der Waals surface area contributed by atoms with Gasteiger partial charge in [0.15, 0.2) is 0 Å². The summed E-state index contributed by atoms with van der Waals surface area (Å²) in [6.45, 7) is 8.12. The molecule has 1 heterocycles. The molecule has 0 saturated carbocycles. The monoisotopic (exact) mass is 347 g/mol. The number of carboxylic acid groups (broad SMARTS) is 1. The highest BCUT2D eigenvalue weighted by atomic mass is 16.5. The SMILES string of the molecule is CC(C)(C)c1ccc(OCCCC(=O)N2CCC(C(=O)O)CC2)cc1. The Labute approximate surface area is 150 Å². The molecule has 5 nitrogen and oxygen atoms in total. The lowest BCUT2D eigenvalue weighted by molar-refractivity contribution is -0.145. The number of piperidine rings is 1. The van der Waals surface area contributed by atoms with Crippen LogP contribution in [0.5, 0.6) is 5.75 Å². The summed E-state index contributed by atoms with van der Waals surface area (Å²) in [5, 5.41) is 8.99. The summed E-state index contributed by atoms with van der Waals surface area (Å²) in [7, 11) is 0. The summed E-state index contributed by atoms with van der Waals surface area (Å²) in [5.74, 6) is -0.139. The predicted octanol–water partition coefficient (Wildman–Crippen LogP) is 3.47. The lowest BCUT2D eigenvalue weighted by atomic mass is 9.87. The molecule has 0 bridgehead atoms. The van der Waals surface area contributed by atoms with E-state index in [0.717, 1.165) is 5.75 Å². The molecule has 138 valence electrons. The molecule has 1 aliphatic rings. The fourth-order valence-electron chi connectivity index (χ4n) is 3.00. The fraction of sp³-hybridized carbons (Fsp3) is 0.600. The summed E-state index contributed by atoms with van der Waals surface area (Å²) in [6, 6.07) is 8.10. The van der Waals surface area contributed by atoms with Crippen LogP contribution in [0.3, 0.4) is 0 Å². The van der Waals surface area contributed by atoms with Crippen LogP contribution in [0, 0.1) is 5.92 Å². The summed E-state index contributed by atoms with van der Waals surface area (Å²) >= 11 is 0. The van der Waals surface area contributed by atoms with Gasteiger partial charge in [-0.2, -0.15) is 0 Å². The van der Waals surface area contributed by atoms with Gasteiger partial charge in [-0.25, -0.2) is 0 Å². The number of benzene rings is 1. The number of nitrogens with zero attached hydrogens (tertiary/aromatic N) is 1. The number of likely N-dealkylation sites (tertiary alicyclic amines) is 1. The Kier molecular flexibility index (Phi) is 6.45. The van der Waals surface area contributed by atoms with Gasteiger partial charge in [-0.15, -0.1) is 0 Å². The first-order valence-corrected chi connectivity index (χ1v) is 9.01. The number of aliphatic carboxylic acids is 1. The Morgan fingerprint density at radius 2 is 1.76 bits per heavy atom. The topological polar surface area (TPSA) is 66.8 Å². The molecular weight excluding hydrogens is 318 g/mol. The van der Waals surface area contributed by atoms with Crippen molar-refractivity contribution in [3.63, 3.8) is 0 Å². The molecular formula is C20H29NO4. The molecule has 0 unspecified atom stereocenters. The van der Waals surface area contributed by atoms with Crippen LogP contribution in [0.15, 0.2) is 24.3 Å². The van der Waals surface area contributed by atoms with E-state index in [-0.39, 0.29) is 17.2 Å². The summed E-state index contributed by atoms with van der Waals surface area (Å²) in [6.07, 6.45) is 2.21. The van der Waals surface area contributed by atoms with Crippen LogP contribution in [-0.2, 0) is 15.0 Å². The highest BCUT2D eigenvalue weighted by molar-refractivity contribution is 5.77. The number of carbonyl (C=O) groups is 2. The van der Waals surface area contributed by atoms with Crippen LogP contribution in [0.25, 0.3) is 0 Å². The van der Waals surface area contributed by atoms with E-state index in [4.69, 9.17) is 9.84 Å². The van der Waals surface area contributed by atoms with E-state index >= 15 is 0 Å². The van der Waals surface area contributed by atoms with Crippen molar-refractivity contribution in [2.75, 3.05) is 19.7 Å². The fourth-order valence-corrected chi connectivity index (χ4v) is 3.00. The van der Waals surface area contributed by atoms with Crippen LogP contribution in [-0.4, -0.2) is 41.6 Å². The van der Waals surface area contributed by atoms with Crippen LogP contribution in [0.4, 0.5) is 0 Å². The van der Waals surface area contributed by atoms with Gasteiger partial charge >= 0.3 is 5.97 Å². The van der Waals surface area contributed by atoms with Crippen LogP contribution >= 0.6 is 0 Å². The van der Waals surface area contributed by atoms with Crippen LogP contribution < -0.4 is 4.74 Å². The van der Waals surface area contributed by atoms with Gasteiger partial charge in [0.05, 0.1) is 12.5 Å². The third kappa shape index (κ3) is 5.76. The Bertz CT molecular complexity index is 581. The average Bonchev–Trinajstić information content (AvgIpc) is 2.58. The summed E-state index contributed by atoms with van der Waals surface area (Å²) in [5.41, 5.74) is 1.39. The Balaban J connectivity index is 1.67. The summed E-state index contributed by atoms with van der Waals surface area (Å²) in [4.78, 5) is 24.9. The maximum absolute atomic E-state index is 12.2. The van der Waals surface area contributed by atoms with Crippen molar-refractivity contribution in [1.82, 2.24) is 4.90 Å². The number of amides is 1. The minimum atomic E-state index is -0.752. The molecule has 0 atom stereocenters. The molecule has 5 heteroatoms. The number of carboxylic acids is 1. The van der Waals surface area contributed by atoms with Gasteiger partial charge in [0.1, 0.15) is 5.75 Å². The van der Waals surface area contributed by atoms with Crippen molar-refractivity contribution in [3.05, 3.63) is 29.8 Å². The minimum Gasteiger partial charge on any atom is -0.494 e. The largest absolute Gasteiger partial charge is 0.494 e. The third-order valence-corrected chi connectivity index (χ3v) is 4.72. The summed E-state index contributed by atoms with van der Waals surface area (Å²) < 4.78 is 5.71. The van der Waals surface area contributed by atoms with Crippen molar-refractivity contribution >= 4 is 11.9 Å². The maximum Gasteiger partial charge on any atom is 0.306 e.